The van der Waals surface area contributed by atoms with E-state index in [1.807, 2.05) is 27.3 Å². The summed E-state index contributed by atoms with van der Waals surface area (Å²) in [6.07, 6.45) is 5.45. The Morgan fingerprint density at radius 2 is 1.80 bits per heavy atom. The zero-order valence-corrected chi connectivity index (χ0v) is 23.1. The topological polar surface area (TPSA) is 106 Å². The molecule has 0 bridgehead atoms. The Labute approximate surface area is 235 Å². The Bertz CT molecular complexity index is 1550. The van der Waals surface area contributed by atoms with Crippen molar-refractivity contribution < 1.29 is 23.6 Å². The Hall–Kier alpha value is -4.05. The van der Waals surface area contributed by atoms with Gasteiger partial charge in [0, 0.05) is 55.2 Å². The van der Waals surface area contributed by atoms with E-state index in [4.69, 9.17) is 9.26 Å². The minimum atomic E-state index is -0.386. The van der Waals surface area contributed by atoms with Crippen LogP contribution in [0.3, 0.4) is 0 Å². The predicted molar refractivity (Wildman–Crippen MR) is 150 cm³/mol. The molecule has 1 spiro atoms. The molecule has 0 N–H and O–H groups in total. The molecule has 4 aromatic rings. The fourth-order valence-electron chi connectivity index (χ4n) is 6.06. The number of Topliss-reactive ketones (excluding diaryl/α,β-unsaturated/α-hetero) is 1. The number of aromatic nitrogens is 2. The van der Waals surface area contributed by atoms with Gasteiger partial charge in [-0.3, -0.25) is 14.4 Å². The quantitative estimate of drug-likeness (QED) is 0.286. The first-order valence-electron chi connectivity index (χ1n) is 13.5. The summed E-state index contributed by atoms with van der Waals surface area (Å²) in [5, 5.41) is 7.64. The van der Waals surface area contributed by atoms with Gasteiger partial charge in [0.05, 0.1) is 18.0 Å². The number of carbonyl (C=O) groups excluding carboxylic acids is 3. The second kappa shape index (κ2) is 10.8. The van der Waals surface area contributed by atoms with Crippen molar-refractivity contribution in [2.24, 2.45) is 0 Å². The van der Waals surface area contributed by atoms with Crippen LogP contribution < -0.4 is 4.74 Å². The van der Waals surface area contributed by atoms with Crippen LogP contribution in [0.25, 0.3) is 21.7 Å². The van der Waals surface area contributed by atoms with Crippen molar-refractivity contribution in [3.8, 4) is 16.5 Å². The van der Waals surface area contributed by atoms with Crippen molar-refractivity contribution in [3.05, 3.63) is 65.2 Å². The third kappa shape index (κ3) is 4.88. The van der Waals surface area contributed by atoms with E-state index in [1.54, 1.807) is 43.6 Å². The highest BCUT2D eigenvalue weighted by Crippen LogP contribution is 2.38. The number of likely N-dealkylation sites (tertiary alicyclic amines) is 2. The Kier molecular flexibility index (Phi) is 7.10. The smallest absolute Gasteiger partial charge is 0.254 e. The van der Waals surface area contributed by atoms with Gasteiger partial charge >= 0.3 is 0 Å². The van der Waals surface area contributed by atoms with Crippen LogP contribution >= 0.6 is 11.3 Å². The maximum absolute atomic E-state index is 13.6. The molecule has 10 heteroatoms. The van der Waals surface area contributed by atoms with Crippen molar-refractivity contribution in [3.63, 3.8) is 0 Å². The zero-order chi connectivity index (χ0) is 27.7. The number of hydrogen-bond acceptors (Lipinski definition) is 8. The van der Waals surface area contributed by atoms with Crippen molar-refractivity contribution in [2.75, 3.05) is 26.7 Å². The van der Waals surface area contributed by atoms with Gasteiger partial charge in [-0.15, -0.1) is 11.3 Å². The van der Waals surface area contributed by atoms with E-state index in [0.29, 0.717) is 47.8 Å². The zero-order valence-electron chi connectivity index (χ0n) is 22.3. The summed E-state index contributed by atoms with van der Waals surface area (Å²) in [7, 11) is 1.58. The number of hydrogen-bond donors (Lipinski definition) is 0. The van der Waals surface area contributed by atoms with Gasteiger partial charge in [-0.1, -0.05) is 5.16 Å². The van der Waals surface area contributed by atoms with E-state index < -0.39 is 0 Å². The van der Waals surface area contributed by atoms with E-state index in [-0.39, 0.29) is 36.0 Å². The maximum atomic E-state index is 13.6. The van der Waals surface area contributed by atoms with Crippen molar-refractivity contribution >= 4 is 39.9 Å². The van der Waals surface area contributed by atoms with E-state index in [9.17, 15) is 14.4 Å². The van der Waals surface area contributed by atoms with Gasteiger partial charge in [0.15, 0.2) is 11.4 Å². The lowest BCUT2D eigenvalue weighted by Crippen LogP contribution is -2.58. The first-order valence-corrected chi connectivity index (χ1v) is 14.4. The third-order valence-corrected chi connectivity index (χ3v) is 8.85. The molecular formula is C30H30N4O5S. The van der Waals surface area contributed by atoms with E-state index in [2.05, 4.69) is 10.1 Å². The number of amides is 2. The molecule has 0 radical (unpaired) electrons. The monoisotopic (exact) mass is 558 g/mol. The number of fused-ring (bicyclic) bond motifs is 1. The number of benzene rings is 2. The number of thiazole rings is 1. The van der Waals surface area contributed by atoms with Gasteiger partial charge in [-0.2, -0.15) is 0 Å². The lowest BCUT2D eigenvalue weighted by atomic mass is 9.85. The fraction of sp³-hybridized carbons (Fsp3) is 0.367. The first kappa shape index (κ1) is 26.2. The molecule has 2 aliphatic rings. The average molecular weight is 559 g/mol. The highest BCUT2D eigenvalue weighted by atomic mass is 32.1. The Morgan fingerprint density at radius 3 is 2.55 bits per heavy atom. The minimum absolute atomic E-state index is 0.0218. The minimum Gasteiger partial charge on any atom is -0.497 e. The lowest BCUT2D eigenvalue weighted by molar-refractivity contribution is -0.137. The van der Waals surface area contributed by atoms with Gasteiger partial charge in [-0.05, 0) is 68.1 Å². The van der Waals surface area contributed by atoms with Crippen LogP contribution in [0.5, 0.6) is 5.75 Å². The second-order valence-corrected chi connectivity index (χ2v) is 11.3. The van der Waals surface area contributed by atoms with Gasteiger partial charge in [-0.25, -0.2) is 4.98 Å². The van der Waals surface area contributed by atoms with E-state index in [1.165, 1.54) is 11.3 Å². The highest BCUT2D eigenvalue weighted by molar-refractivity contribution is 7.13. The van der Waals surface area contributed by atoms with Crippen LogP contribution in [0.1, 0.15) is 59.2 Å². The standard InChI is InChI=1S/C30H30N4O5S/c1-38-22-7-4-20(5-8-22)24(35)10-11-26(36)34-16-3-13-30(34)12-2-15-33(19-30)29(37)21-6-9-23-25(18-21)39-32-27(23)28-31-14-17-40-28/h4-9,14,17-18H,2-3,10-13,15-16,19H2,1H3. The van der Waals surface area contributed by atoms with Crippen LogP contribution in [0.4, 0.5) is 0 Å². The van der Waals surface area contributed by atoms with Crippen molar-refractivity contribution in [2.45, 2.75) is 44.1 Å². The molecule has 2 fully saturated rings. The molecule has 4 heterocycles. The number of carbonyl (C=O) groups is 3. The van der Waals surface area contributed by atoms with Gasteiger partial charge in [0.25, 0.3) is 5.91 Å². The predicted octanol–water partition coefficient (Wildman–Crippen LogP) is 5.22. The molecule has 206 valence electrons. The van der Waals surface area contributed by atoms with Gasteiger partial charge in [0.1, 0.15) is 16.5 Å². The summed E-state index contributed by atoms with van der Waals surface area (Å²) in [4.78, 5) is 47.8. The van der Waals surface area contributed by atoms with Crippen LogP contribution in [0, 0.1) is 0 Å². The van der Waals surface area contributed by atoms with Crippen molar-refractivity contribution in [1.29, 1.82) is 0 Å². The lowest BCUT2D eigenvalue weighted by Gasteiger charge is -2.46. The Balaban J connectivity index is 1.13. The largest absolute Gasteiger partial charge is 0.497 e. The van der Waals surface area contributed by atoms with Gasteiger partial charge in [0.2, 0.25) is 5.91 Å². The normalized spacial score (nSPS) is 18.9. The Morgan fingerprint density at radius 1 is 1.02 bits per heavy atom. The number of nitrogens with zero attached hydrogens (tertiary/aromatic N) is 4. The molecule has 40 heavy (non-hydrogen) atoms. The van der Waals surface area contributed by atoms with Crippen LogP contribution in [0.2, 0.25) is 0 Å². The molecule has 2 saturated heterocycles. The second-order valence-electron chi connectivity index (χ2n) is 10.4. The number of methoxy groups -OCH3 is 1. The van der Waals surface area contributed by atoms with E-state index >= 15 is 0 Å². The summed E-state index contributed by atoms with van der Waals surface area (Å²) in [5.74, 6) is 0.517. The molecule has 1 unspecified atom stereocenters. The SMILES string of the molecule is COc1ccc(C(=O)CCC(=O)N2CCCC23CCCN(C(=O)c2ccc4c(-c5nccs5)noc4c2)C3)cc1. The molecule has 6 rings (SSSR count). The molecule has 9 nitrogen and oxygen atoms in total. The molecule has 0 saturated carbocycles. The number of ketones is 1. The van der Waals surface area contributed by atoms with Crippen LogP contribution in [-0.2, 0) is 4.79 Å². The molecule has 2 amide bonds. The number of piperidine rings is 1. The van der Waals surface area contributed by atoms with Crippen molar-refractivity contribution in [1.82, 2.24) is 19.9 Å². The molecule has 1 atom stereocenters. The summed E-state index contributed by atoms with van der Waals surface area (Å²) in [6.45, 7) is 1.78. The molecule has 2 aromatic heterocycles. The van der Waals surface area contributed by atoms with Crippen LogP contribution in [-0.4, -0.2) is 69.8 Å². The summed E-state index contributed by atoms with van der Waals surface area (Å²) >= 11 is 1.48. The molecule has 0 aliphatic carbocycles. The number of rotatable bonds is 7. The highest BCUT2D eigenvalue weighted by Gasteiger charge is 2.47. The molecular weight excluding hydrogens is 528 g/mol. The number of ether oxygens (including phenoxy) is 1. The molecule has 2 aromatic carbocycles. The first-order chi connectivity index (χ1) is 19.5. The van der Waals surface area contributed by atoms with Gasteiger partial charge < -0.3 is 19.1 Å². The average Bonchev–Trinajstić information content (AvgIpc) is 3.75. The maximum Gasteiger partial charge on any atom is 0.254 e. The summed E-state index contributed by atoms with van der Waals surface area (Å²) in [5.41, 5.74) is 1.94. The van der Waals surface area contributed by atoms with Crippen LogP contribution in [0.15, 0.2) is 58.6 Å². The summed E-state index contributed by atoms with van der Waals surface area (Å²) in [6, 6.07) is 12.4. The third-order valence-electron chi connectivity index (χ3n) is 8.07. The summed E-state index contributed by atoms with van der Waals surface area (Å²) < 4.78 is 10.7. The molecule has 2 aliphatic heterocycles. The fourth-order valence-corrected chi connectivity index (χ4v) is 6.69. The van der Waals surface area contributed by atoms with E-state index in [0.717, 1.165) is 36.1 Å².